The molecule has 1 N–H and O–H groups in total. The summed E-state index contributed by atoms with van der Waals surface area (Å²) in [6.45, 7) is 4.92. The summed E-state index contributed by atoms with van der Waals surface area (Å²) in [4.78, 5) is 14.5. The van der Waals surface area contributed by atoms with Gasteiger partial charge in [-0.3, -0.25) is 9.69 Å². The molecule has 0 spiro atoms. The van der Waals surface area contributed by atoms with Crippen LogP contribution in [-0.4, -0.2) is 43.7 Å². The zero-order valence-corrected chi connectivity index (χ0v) is 16.8. The quantitative estimate of drug-likeness (QED) is 0.794. The summed E-state index contributed by atoms with van der Waals surface area (Å²) in [7, 11) is 0. The van der Waals surface area contributed by atoms with Gasteiger partial charge in [-0.25, -0.2) is 0 Å². The fourth-order valence-electron chi connectivity index (χ4n) is 3.97. The molecule has 2 saturated heterocycles. The molecule has 2 aliphatic rings. The minimum Gasteiger partial charge on any atom is -0.460 e. The van der Waals surface area contributed by atoms with Crippen LogP contribution in [0.5, 0.6) is 0 Å². The third-order valence-electron chi connectivity index (χ3n) is 5.75. The minimum absolute atomic E-state index is 0.0476. The van der Waals surface area contributed by atoms with Crippen molar-refractivity contribution in [2.75, 3.05) is 32.8 Å². The van der Waals surface area contributed by atoms with E-state index in [1.165, 1.54) is 0 Å². The van der Waals surface area contributed by atoms with Gasteiger partial charge in [-0.1, -0.05) is 23.7 Å². The summed E-state index contributed by atoms with van der Waals surface area (Å²) in [5.41, 5.74) is 0.928. The van der Waals surface area contributed by atoms with Crippen molar-refractivity contribution >= 4 is 17.5 Å². The second-order valence-corrected chi connectivity index (χ2v) is 8.18. The van der Waals surface area contributed by atoms with Crippen LogP contribution < -0.4 is 5.32 Å². The van der Waals surface area contributed by atoms with Crippen molar-refractivity contribution < 1.29 is 13.9 Å². The van der Waals surface area contributed by atoms with E-state index in [1.54, 1.807) is 0 Å². The van der Waals surface area contributed by atoms with Gasteiger partial charge < -0.3 is 14.5 Å². The number of halogens is 1. The highest BCUT2D eigenvalue weighted by molar-refractivity contribution is 6.33. The number of likely N-dealkylation sites (tertiary alicyclic amines) is 1. The molecule has 1 aromatic carbocycles. The normalized spacial score (nSPS) is 21.1. The Morgan fingerprint density at radius 2 is 1.96 bits per heavy atom. The van der Waals surface area contributed by atoms with Crippen molar-refractivity contribution in [3.63, 3.8) is 0 Å². The monoisotopic (exact) mass is 402 g/mol. The number of rotatable bonds is 6. The Hall–Kier alpha value is -1.82. The van der Waals surface area contributed by atoms with Crippen LogP contribution in [0.2, 0.25) is 5.02 Å². The standard InChI is InChI=1S/C22H27ClN2O3/c23-20-4-2-1-3-19(20)21-6-5-18(28-21)14-25-10-7-16(8-11-25)13-24-22(26)17-9-12-27-15-17/h1-6,16-17H,7-15H2,(H,24,26)/t17-/m0/s1. The molecule has 2 aliphatic heterocycles. The molecule has 0 aliphatic carbocycles. The Morgan fingerprint density at radius 1 is 1.14 bits per heavy atom. The smallest absolute Gasteiger partial charge is 0.225 e. The lowest BCUT2D eigenvalue weighted by Crippen LogP contribution is -2.40. The van der Waals surface area contributed by atoms with Gasteiger partial charge in [0.15, 0.2) is 0 Å². The summed E-state index contributed by atoms with van der Waals surface area (Å²) in [6.07, 6.45) is 3.04. The van der Waals surface area contributed by atoms with Gasteiger partial charge in [0, 0.05) is 18.7 Å². The molecule has 1 aromatic heterocycles. The molecule has 3 heterocycles. The number of hydrogen-bond acceptors (Lipinski definition) is 4. The van der Waals surface area contributed by atoms with Gasteiger partial charge >= 0.3 is 0 Å². The van der Waals surface area contributed by atoms with E-state index in [9.17, 15) is 4.79 Å². The highest BCUT2D eigenvalue weighted by atomic mass is 35.5. The lowest BCUT2D eigenvalue weighted by Gasteiger charge is -2.31. The van der Waals surface area contributed by atoms with Crippen LogP contribution in [0.25, 0.3) is 11.3 Å². The third-order valence-corrected chi connectivity index (χ3v) is 6.08. The second kappa shape index (κ2) is 9.12. The molecule has 5 nitrogen and oxygen atoms in total. The van der Waals surface area contributed by atoms with E-state index in [4.69, 9.17) is 20.8 Å². The van der Waals surface area contributed by atoms with Crippen LogP contribution in [0.1, 0.15) is 25.0 Å². The summed E-state index contributed by atoms with van der Waals surface area (Å²) >= 11 is 6.26. The predicted octanol–water partition coefficient (Wildman–Crippen LogP) is 3.96. The first-order valence-corrected chi connectivity index (χ1v) is 10.5. The summed E-state index contributed by atoms with van der Waals surface area (Å²) in [5, 5.41) is 3.82. The number of benzene rings is 1. The van der Waals surface area contributed by atoms with E-state index < -0.39 is 0 Å². The number of amides is 1. The Kier molecular flexibility index (Phi) is 6.35. The van der Waals surface area contributed by atoms with Crippen molar-refractivity contribution in [3.8, 4) is 11.3 Å². The number of nitrogens with zero attached hydrogens (tertiary/aromatic N) is 1. The van der Waals surface area contributed by atoms with Crippen LogP contribution in [0.4, 0.5) is 0 Å². The number of carbonyl (C=O) groups is 1. The molecule has 2 aromatic rings. The Bertz CT molecular complexity index is 793. The number of piperidine rings is 1. The maximum atomic E-state index is 12.1. The molecule has 0 bridgehead atoms. The molecule has 1 amide bonds. The van der Waals surface area contributed by atoms with E-state index in [2.05, 4.69) is 10.2 Å². The van der Waals surface area contributed by atoms with Crippen molar-refractivity contribution in [2.24, 2.45) is 11.8 Å². The Balaban J connectivity index is 1.22. The number of furan rings is 1. The molecule has 150 valence electrons. The predicted molar refractivity (Wildman–Crippen MR) is 109 cm³/mol. The minimum atomic E-state index is 0.0476. The number of hydrogen-bond donors (Lipinski definition) is 1. The zero-order valence-electron chi connectivity index (χ0n) is 16.0. The number of ether oxygens (including phenoxy) is 1. The maximum absolute atomic E-state index is 12.1. The lowest BCUT2D eigenvalue weighted by molar-refractivity contribution is -0.125. The third kappa shape index (κ3) is 4.77. The average molecular weight is 403 g/mol. The van der Waals surface area contributed by atoms with Crippen LogP contribution >= 0.6 is 11.6 Å². The maximum Gasteiger partial charge on any atom is 0.225 e. The summed E-state index contributed by atoms with van der Waals surface area (Å²) in [6, 6.07) is 11.8. The molecule has 2 fully saturated rings. The van der Waals surface area contributed by atoms with E-state index in [0.29, 0.717) is 24.2 Å². The Morgan fingerprint density at radius 3 is 2.71 bits per heavy atom. The first kappa shape index (κ1) is 19.5. The summed E-state index contributed by atoms with van der Waals surface area (Å²) < 4.78 is 11.3. The molecule has 0 unspecified atom stereocenters. The van der Waals surface area contributed by atoms with Gasteiger partial charge in [0.2, 0.25) is 5.91 Å². The first-order chi connectivity index (χ1) is 13.7. The zero-order chi connectivity index (χ0) is 19.3. The SMILES string of the molecule is O=C(NCC1CCN(Cc2ccc(-c3ccccc3Cl)o2)CC1)[C@H]1CCOC1. The molecule has 28 heavy (non-hydrogen) atoms. The van der Waals surface area contributed by atoms with Gasteiger partial charge in [-0.15, -0.1) is 0 Å². The van der Waals surface area contributed by atoms with Gasteiger partial charge in [-0.05, 0) is 62.5 Å². The Labute approximate surface area is 171 Å². The fourth-order valence-corrected chi connectivity index (χ4v) is 4.20. The van der Waals surface area contributed by atoms with Gasteiger partial charge in [0.05, 0.1) is 24.1 Å². The van der Waals surface area contributed by atoms with E-state index in [1.807, 2.05) is 36.4 Å². The highest BCUT2D eigenvalue weighted by Crippen LogP contribution is 2.30. The van der Waals surface area contributed by atoms with Gasteiger partial charge in [0.1, 0.15) is 11.5 Å². The molecule has 4 rings (SSSR count). The van der Waals surface area contributed by atoms with Crippen LogP contribution in [-0.2, 0) is 16.1 Å². The van der Waals surface area contributed by atoms with Crippen molar-refractivity contribution in [1.29, 1.82) is 0 Å². The number of carbonyl (C=O) groups excluding carboxylic acids is 1. The topological polar surface area (TPSA) is 54.7 Å². The van der Waals surface area contributed by atoms with Crippen LogP contribution in [0.3, 0.4) is 0 Å². The second-order valence-electron chi connectivity index (χ2n) is 7.77. The first-order valence-electron chi connectivity index (χ1n) is 10.1. The van der Waals surface area contributed by atoms with Gasteiger partial charge in [-0.2, -0.15) is 0 Å². The molecule has 6 heteroatoms. The molecular weight excluding hydrogens is 376 g/mol. The van der Waals surface area contributed by atoms with Gasteiger partial charge in [0.25, 0.3) is 0 Å². The molecule has 1 atom stereocenters. The highest BCUT2D eigenvalue weighted by Gasteiger charge is 2.25. The molecule has 0 radical (unpaired) electrons. The van der Waals surface area contributed by atoms with E-state index in [-0.39, 0.29) is 11.8 Å². The fraction of sp³-hybridized carbons (Fsp3) is 0.500. The molecular formula is C22H27ClN2O3. The number of nitrogens with one attached hydrogen (secondary N) is 1. The van der Waals surface area contributed by atoms with E-state index in [0.717, 1.165) is 62.5 Å². The summed E-state index contributed by atoms with van der Waals surface area (Å²) in [5.74, 6) is 2.53. The average Bonchev–Trinajstić information content (AvgIpc) is 3.40. The van der Waals surface area contributed by atoms with Crippen molar-refractivity contribution in [1.82, 2.24) is 10.2 Å². The lowest BCUT2D eigenvalue weighted by atomic mass is 9.96. The van der Waals surface area contributed by atoms with Crippen LogP contribution in [0, 0.1) is 11.8 Å². The molecule has 0 saturated carbocycles. The van der Waals surface area contributed by atoms with Crippen molar-refractivity contribution in [2.45, 2.75) is 25.8 Å². The van der Waals surface area contributed by atoms with E-state index >= 15 is 0 Å². The van der Waals surface area contributed by atoms with Crippen LogP contribution in [0.15, 0.2) is 40.8 Å². The largest absolute Gasteiger partial charge is 0.460 e. The van der Waals surface area contributed by atoms with Crippen molar-refractivity contribution in [3.05, 3.63) is 47.2 Å².